The average molecular weight is 324 g/mol. The molecule has 100 valence electrons. The van der Waals surface area contributed by atoms with Gasteiger partial charge in [-0.2, -0.15) is 0 Å². The van der Waals surface area contributed by atoms with Crippen molar-refractivity contribution >= 4 is 21.6 Å². The standard InChI is InChI=1S/C15H15BrFNO/c1-15(10-19,11-6-2-4-8-13(11)17)18-14-9-5-3-7-12(14)16/h2-9,18-19H,10H2,1H3. The molecule has 4 heteroatoms. The van der Waals surface area contributed by atoms with Gasteiger partial charge in [0, 0.05) is 15.7 Å². The van der Waals surface area contributed by atoms with Crippen LogP contribution in [-0.4, -0.2) is 11.7 Å². The van der Waals surface area contributed by atoms with Gasteiger partial charge in [0.1, 0.15) is 5.82 Å². The van der Waals surface area contributed by atoms with Gasteiger partial charge in [-0.25, -0.2) is 4.39 Å². The summed E-state index contributed by atoms with van der Waals surface area (Å²) in [5, 5.41) is 12.9. The first kappa shape index (κ1) is 14.0. The van der Waals surface area contributed by atoms with E-state index in [0.717, 1.165) is 10.2 Å². The summed E-state index contributed by atoms with van der Waals surface area (Å²) in [5.74, 6) is -0.335. The van der Waals surface area contributed by atoms with E-state index in [1.165, 1.54) is 6.07 Å². The molecule has 1 atom stereocenters. The molecule has 0 saturated heterocycles. The second-order valence-corrected chi connectivity index (χ2v) is 5.43. The van der Waals surface area contributed by atoms with E-state index >= 15 is 0 Å². The molecule has 0 fully saturated rings. The summed E-state index contributed by atoms with van der Waals surface area (Å²) in [7, 11) is 0. The molecule has 0 aromatic heterocycles. The number of aliphatic hydroxyl groups excluding tert-OH is 1. The van der Waals surface area contributed by atoms with Crippen molar-refractivity contribution in [2.45, 2.75) is 12.5 Å². The maximum absolute atomic E-state index is 13.9. The molecule has 0 spiro atoms. The van der Waals surface area contributed by atoms with Crippen LogP contribution in [-0.2, 0) is 5.54 Å². The minimum atomic E-state index is -0.880. The number of aliphatic hydroxyl groups is 1. The van der Waals surface area contributed by atoms with Gasteiger partial charge in [-0.1, -0.05) is 30.3 Å². The zero-order valence-electron chi connectivity index (χ0n) is 10.5. The van der Waals surface area contributed by atoms with Crippen LogP contribution in [0.15, 0.2) is 53.0 Å². The fourth-order valence-corrected chi connectivity index (χ4v) is 2.34. The molecule has 2 nitrogen and oxygen atoms in total. The summed E-state index contributed by atoms with van der Waals surface area (Å²) in [6.07, 6.45) is 0. The Balaban J connectivity index is 2.39. The van der Waals surface area contributed by atoms with Crippen molar-refractivity contribution in [3.8, 4) is 0 Å². The molecule has 0 aliphatic rings. The Kier molecular flexibility index (Phi) is 4.22. The van der Waals surface area contributed by atoms with Crippen molar-refractivity contribution in [1.29, 1.82) is 0 Å². The van der Waals surface area contributed by atoms with Crippen LogP contribution in [0.2, 0.25) is 0 Å². The van der Waals surface area contributed by atoms with E-state index in [4.69, 9.17) is 0 Å². The molecule has 0 heterocycles. The fourth-order valence-electron chi connectivity index (χ4n) is 1.96. The number of benzene rings is 2. The Hall–Kier alpha value is -1.39. The molecule has 2 rings (SSSR count). The molecule has 19 heavy (non-hydrogen) atoms. The monoisotopic (exact) mass is 323 g/mol. The first-order chi connectivity index (χ1) is 9.07. The first-order valence-electron chi connectivity index (χ1n) is 5.95. The molecule has 0 aliphatic carbocycles. The number of halogens is 2. The molecule has 0 aliphatic heterocycles. The highest BCUT2D eigenvalue weighted by Gasteiger charge is 2.29. The smallest absolute Gasteiger partial charge is 0.128 e. The summed E-state index contributed by atoms with van der Waals surface area (Å²) in [4.78, 5) is 0. The lowest BCUT2D eigenvalue weighted by Gasteiger charge is -2.31. The highest BCUT2D eigenvalue weighted by molar-refractivity contribution is 9.10. The lowest BCUT2D eigenvalue weighted by molar-refractivity contribution is 0.220. The lowest BCUT2D eigenvalue weighted by atomic mass is 9.92. The second kappa shape index (κ2) is 5.72. The van der Waals surface area contributed by atoms with Crippen LogP contribution < -0.4 is 5.32 Å². The third-order valence-corrected chi connectivity index (χ3v) is 3.76. The maximum Gasteiger partial charge on any atom is 0.128 e. The normalized spacial score (nSPS) is 13.9. The number of hydrogen-bond donors (Lipinski definition) is 2. The van der Waals surface area contributed by atoms with Gasteiger partial charge >= 0.3 is 0 Å². The van der Waals surface area contributed by atoms with Gasteiger partial charge in [0.05, 0.1) is 12.1 Å². The zero-order chi connectivity index (χ0) is 13.9. The van der Waals surface area contributed by atoms with Crippen LogP contribution >= 0.6 is 15.9 Å². The van der Waals surface area contributed by atoms with Crippen molar-refractivity contribution < 1.29 is 9.50 Å². The quantitative estimate of drug-likeness (QED) is 0.894. The summed E-state index contributed by atoms with van der Waals surface area (Å²) in [6, 6.07) is 14.0. The van der Waals surface area contributed by atoms with Crippen LogP contribution in [0.5, 0.6) is 0 Å². The van der Waals surface area contributed by atoms with E-state index in [-0.39, 0.29) is 12.4 Å². The number of anilines is 1. The minimum absolute atomic E-state index is 0.213. The second-order valence-electron chi connectivity index (χ2n) is 4.57. The summed E-state index contributed by atoms with van der Waals surface area (Å²) >= 11 is 3.43. The Bertz CT molecular complexity index is 576. The van der Waals surface area contributed by atoms with Crippen molar-refractivity contribution in [3.05, 3.63) is 64.4 Å². The van der Waals surface area contributed by atoms with E-state index in [1.807, 2.05) is 24.3 Å². The lowest BCUT2D eigenvalue weighted by Crippen LogP contribution is -2.36. The number of rotatable bonds is 4. The van der Waals surface area contributed by atoms with E-state index < -0.39 is 5.54 Å². The third kappa shape index (κ3) is 2.96. The molecule has 2 aromatic rings. The number of nitrogens with one attached hydrogen (secondary N) is 1. The summed E-state index contributed by atoms with van der Waals surface area (Å²) in [5.41, 5.74) is 0.366. The van der Waals surface area contributed by atoms with E-state index in [9.17, 15) is 9.50 Å². The predicted molar refractivity (Wildman–Crippen MR) is 78.6 cm³/mol. The van der Waals surface area contributed by atoms with Crippen molar-refractivity contribution in [1.82, 2.24) is 0 Å². The van der Waals surface area contributed by atoms with Gasteiger partial charge in [0.25, 0.3) is 0 Å². The van der Waals surface area contributed by atoms with Gasteiger partial charge in [0.2, 0.25) is 0 Å². The molecule has 1 unspecified atom stereocenters. The Labute approximate surface area is 120 Å². The number of para-hydroxylation sites is 1. The summed E-state index contributed by atoms with van der Waals surface area (Å²) < 4.78 is 14.8. The topological polar surface area (TPSA) is 32.3 Å². The van der Waals surface area contributed by atoms with Gasteiger partial charge < -0.3 is 10.4 Å². The van der Waals surface area contributed by atoms with Gasteiger partial charge in [-0.15, -0.1) is 0 Å². The minimum Gasteiger partial charge on any atom is -0.394 e. The van der Waals surface area contributed by atoms with Gasteiger partial charge in [-0.05, 0) is 41.1 Å². The third-order valence-electron chi connectivity index (χ3n) is 3.07. The predicted octanol–water partition coefficient (Wildman–Crippen LogP) is 3.91. The van der Waals surface area contributed by atoms with Crippen LogP contribution in [0.1, 0.15) is 12.5 Å². The van der Waals surface area contributed by atoms with E-state index in [2.05, 4.69) is 21.2 Å². The van der Waals surface area contributed by atoms with Crippen LogP contribution in [0, 0.1) is 5.82 Å². The maximum atomic E-state index is 13.9. The first-order valence-corrected chi connectivity index (χ1v) is 6.75. The molecule has 0 amide bonds. The molecule has 0 saturated carbocycles. The van der Waals surface area contributed by atoms with E-state index in [1.54, 1.807) is 25.1 Å². The SMILES string of the molecule is CC(CO)(Nc1ccccc1Br)c1ccccc1F. The van der Waals surface area contributed by atoms with Gasteiger partial charge in [0.15, 0.2) is 0 Å². The highest BCUT2D eigenvalue weighted by atomic mass is 79.9. The average Bonchev–Trinajstić information content (AvgIpc) is 2.42. The van der Waals surface area contributed by atoms with Crippen molar-refractivity contribution in [2.24, 2.45) is 0 Å². The largest absolute Gasteiger partial charge is 0.394 e. The van der Waals surface area contributed by atoms with Crippen molar-refractivity contribution in [2.75, 3.05) is 11.9 Å². The molecule has 2 N–H and O–H groups in total. The molecular weight excluding hydrogens is 309 g/mol. The molecule has 2 aromatic carbocycles. The molecular formula is C15H15BrFNO. The van der Waals surface area contributed by atoms with Crippen LogP contribution in [0.25, 0.3) is 0 Å². The summed E-state index contributed by atoms with van der Waals surface area (Å²) in [6.45, 7) is 1.56. The van der Waals surface area contributed by atoms with E-state index in [0.29, 0.717) is 5.56 Å². The Morgan fingerprint density at radius 3 is 2.42 bits per heavy atom. The Morgan fingerprint density at radius 2 is 1.79 bits per heavy atom. The van der Waals surface area contributed by atoms with Crippen molar-refractivity contribution in [3.63, 3.8) is 0 Å². The van der Waals surface area contributed by atoms with Crippen LogP contribution in [0.3, 0.4) is 0 Å². The zero-order valence-corrected chi connectivity index (χ0v) is 12.1. The molecule has 0 bridgehead atoms. The van der Waals surface area contributed by atoms with Crippen LogP contribution in [0.4, 0.5) is 10.1 Å². The highest BCUT2D eigenvalue weighted by Crippen LogP contribution is 2.31. The van der Waals surface area contributed by atoms with Gasteiger partial charge in [-0.3, -0.25) is 0 Å². The number of hydrogen-bond acceptors (Lipinski definition) is 2. The Morgan fingerprint density at radius 1 is 1.16 bits per heavy atom. The molecule has 0 radical (unpaired) electrons. The fraction of sp³-hybridized carbons (Fsp3) is 0.200.